The molecular formula is C50H31NOS. The Morgan fingerprint density at radius 3 is 1.87 bits per heavy atom. The van der Waals surface area contributed by atoms with Gasteiger partial charge in [-0.15, -0.1) is 11.3 Å². The summed E-state index contributed by atoms with van der Waals surface area (Å²) in [7, 11) is 0. The summed E-state index contributed by atoms with van der Waals surface area (Å²) in [5, 5.41) is 9.61. The fourth-order valence-corrected chi connectivity index (χ4v) is 9.57. The Labute approximate surface area is 310 Å². The fraction of sp³-hybridized carbons (Fsp3) is 0. The van der Waals surface area contributed by atoms with Crippen LogP contribution < -0.4 is 4.90 Å². The molecule has 0 aliphatic carbocycles. The average molecular weight is 694 g/mol. The van der Waals surface area contributed by atoms with Crippen LogP contribution in [0.4, 0.5) is 17.1 Å². The lowest BCUT2D eigenvalue weighted by molar-refractivity contribution is 0.670. The Bertz CT molecular complexity index is 3180. The molecule has 248 valence electrons. The number of para-hydroxylation sites is 1. The molecule has 9 aromatic carbocycles. The first kappa shape index (κ1) is 30.0. The zero-order chi connectivity index (χ0) is 34.9. The van der Waals surface area contributed by atoms with E-state index in [9.17, 15) is 0 Å². The molecule has 11 aromatic rings. The predicted octanol–water partition coefficient (Wildman–Crippen LogP) is 15.1. The van der Waals surface area contributed by atoms with E-state index in [4.69, 9.17) is 4.42 Å². The Kier molecular flexibility index (Phi) is 6.76. The van der Waals surface area contributed by atoms with Gasteiger partial charge < -0.3 is 9.32 Å². The summed E-state index contributed by atoms with van der Waals surface area (Å²) in [6.07, 6.45) is 0. The van der Waals surface area contributed by atoms with Crippen LogP contribution in [0, 0.1) is 0 Å². The maximum atomic E-state index is 6.83. The van der Waals surface area contributed by atoms with E-state index in [0.29, 0.717) is 0 Å². The van der Waals surface area contributed by atoms with Crippen LogP contribution in [0.1, 0.15) is 0 Å². The molecule has 3 heteroatoms. The highest BCUT2D eigenvalue weighted by Gasteiger charge is 2.26. The number of hydrogen-bond donors (Lipinski definition) is 0. The molecular weight excluding hydrogens is 663 g/mol. The van der Waals surface area contributed by atoms with Crippen LogP contribution in [0.3, 0.4) is 0 Å². The summed E-state index contributed by atoms with van der Waals surface area (Å²) in [6.45, 7) is 0. The SMILES string of the molecule is c1ccc(-c2ccc(N(c3cccc4c3ccc3ccccc34)c3cccc4sc5c(-c6ccccc6)cccc5c34)c3c2oc2ccccc23)cc1. The van der Waals surface area contributed by atoms with Gasteiger partial charge in [-0.3, -0.25) is 0 Å². The van der Waals surface area contributed by atoms with Crippen molar-refractivity contribution < 1.29 is 4.42 Å². The summed E-state index contributed by atoms with van der Waals surface area (Å²) in [5.74, 6) is 0. The molecule has 2 aromatic heterocycles. The summed E-state index contributed by atoms with van der Waals surface area (Å²) in [6, 6.07) is 67.8. The predicted molar refractivity (Wildman–Crippen MR) is 227 cm³/mol. The van der Waals surface area contributed by atoms with E-state index < -0.39 is 0 Å². The third kappa shape index (κ3) is 4.64. The molecule has 0 saturated heterocycles. The first-order chi connectivity index (χ1) is 26.3. The average Bonchev–Trinajstić information content (AvgIpc) is 3.81. The van der Waals surface area contributed by atoms with E-state index >= 15 is 0 Å². The molecule has 0 atom stereocenters. The Hall–Kier alpha value is -6.68. The monoisotopic (exact) mass is 693 g/mol. The lowest BCUT2D eigenvalue weighted by Gasteiger charge is -2.29. The van der Waals surface area contributed by atoms with Gasteiger partial charge in [-0.2, -0.15) is 0 Å². The van der Waals surface area contributed by atoms with Crippen LogP contribution in [-0.4, -0.2) is 0 Å². The maximum Gasteiger partial charge on any atom is 0.145 e. The highest BCUT2D eigenvalue weighted by Crippen LogP contribution is 2.52. The molecule has 0 fully saturated rings. The largest absolute Gasteiger partial charge is 0.455 e. The van der Waals surface area contributed by atoms with E-state index in [1.165, 1.54) is 52.8 Å². The summed E-state index contributed by atoms with van der Waals surface area (Å²) in [5.41, 5.74) is 9.80. The molecule has 0 N–H and O–H groups in total. The summed E-state index contributed by atoms with van der Waals surface area (Å²) in [4.78, 5) is 2.50. The topological polar surface area (TPSA) is 16.4 Å². The van der Waals surface area contributed by atoms with Crippen LogP contribution in [-0.2, 0) is 0 Å². The summed E-state index contributed by atoms with van der Waals surface area (Å²) < 4.78 is 9.38. The van der Waals surface area contributed by atoms with E-state index in [-0.39, 0.29) is 0 Å². The van der Waals surface area contributed by atoms with Crippen LogP contribution in [0.2, 0.25) is 0 Å². The highest BCUT2D eigenvalue weighted by atomic mass is 32.1. The molecule has 0 aliphatic rings. The van der Waals surface area contributed by atoms with Crippen LogP contribution in [0.5, 0.6) is 0 Å². The van der Waals surface area contributed by atoms with Gasteiger partial charge in [0, 0.05) is 36.5 Å². The zero-order valence-corrected chi connectivity index (χ0v) is 29.5. The van der Waals surface area contributed by atoms with Crippen molar-refractivity contribution in [1.82, 2.24) is 0 Å². The number of benzene rings is 9. The normalized spacial score (nSPS) is 11.8. The zero-order valence-electron chi connectivity index (χ0n) is 28.7. The smallest absolute Gasteiger partial charge is 0.145 e. The van der Waals surface area contributed by atoms with Gasteiger partial charge in [0.25, 0.3) is 0 Å². The number of thiophene rings is 1. The standard InChI is InChI=1S/C50H31NOS/c1-3-14-32(15-4-1)36-30-31-44(48-40-20-9-10-26-45(40)52-49(36)48)51(42-24-12-22-38-35-19-8-7-18-34(35)28-29-39(38)42)43-25-13-27-46-47(43)41-23-11-21-37(50(41)53-46)33-16-5-2-6-17-33/h1-31H. The second-order valence-corrected chi connectivity index (χ2v) is 14.6. The van der Waals surface area contributed by atoms with Crippen LogP contribution in [0.25, 0.3) is 85.9 Å². The van der Waals surface area contributed by atoms with Crippen molar-refractivity contribution in [2.75, 3.05) is 4.90 Å². The van der Waals surface area contributed by atoms with E-state index in [0.717, 1.165) is 50.1 Å². The first-order valence-electron chi connectivity index (χ1n) is 18.0. The molecule has 0 saturated carbocycles. The molecule has 0 bridgehead atoms. The van der Waals surface area contributed by atoms with Crippen molar-refractivity contribution in [3.8, 4) is 22.3 Å². The van der Waals surface area contributed by atoms with Gasteiger partial charge in [0.2, 0.25) is 0 Å². The van der Waals surface area contributed by atoms with E-state index in [1.807, 2.05) is 11.3 Å². The van der Waals surface area contributed by atoms with Crippen molar-refractivity contribution in [2.45, 2.75) is 0 Å². The van der Waals surface area contributed by atoms with Gasteiger partial charge in [-0.1, -0.05) is 152 Å². The third-order valence-electron chi connectivity index (χ3n) is 10.7. The molecule has 0 aliphatic heterocycles. The number of hydrogen-bond acceptors (Lipinski definition) is 3. The van der Waals surface area contributed by atoms with Gasteiger partial charge in [0.1, 0.15) is 11.2 Å². The number of fused-ring (bicyclic) bond motifs is 9. The van der Waals surface area contributed by atoms with Gasteiger partial charge in [-0.05, 0) is 69.2 Å². The van der Waals surface area contributed by atoms with Gasteiger partial charge in [-0.25, -0.2) is 0 Å². The molecule has 0 spiro atoms. The highest BCUT2D eigenvalue weighted by molar-refractivity contribution is 7.26. The number of nitrogens with zero attached hydrogens (tertiary/aromatic N) is 1. The lowest BCUT2D eigenvalue weighted by Crippen LogP contribution is -2.11. The molecule has 2 heterocycles. The van der Waals surface area contributed by atoms with Gasteiger partial charge >= 0.3 is 0 Å². The minimum atomic E-state index is 0.877. The van der Waals surface area contributed by atoms with Crippen molar-refractivity contribution in [2.24, 2.45) is 0 Å². The Balaban J connectivity index is 1.28. The molecule has 0 amide bonds. The third-order valence-corrected chi connectivity index (χ3v) is 11.9. The molecule has 11 rings (SSSR count). The molecule has 53 heavy (non-hydrogen) atoms. The van der Waals surface area contributed by atoms with Crippen molar-refractivity contribution in [3.63, 3.8) is 0 Å². The van der Waals surface area contributed by atoms with Crippen molar-refractivity contribution in [1.29, 1.82) is 0 Å². The maximum absolute atomic E-state index is 6.83. The number of rotatable bonds is 5. The second kappa shape index (κ2) is 11.9. The van der Waals surface area contributed by atoms with Crippen molar-refractivity contribution >= 4 is 92.1 Å². The molecule has 2 nitrogen and oxygen atoms in total. The fourth-order valence-electron chi connectivity index (χ4n) is 8.31. The minimum Gasteiger partial charge on any atom is -0.455 e. The Morgan fingerprint density at radius 1 is 0.377 bits per heavy atom. The first-order valence-corrected chi connectivity index (χ1v) is 18.8. The number of furan rings is 1. The van der Waals surface area contributed by atoms with Crippen LogP contribution >= 0.6 is 11.3 Å². The van der Waals surface area contributed by atoms with Crippen LogP contribution in [0.15, 0.2) is 192 Å². The molecule has 0 unspecified atom stereocenters. The number of anilines is 3. The van der Waals surface area contributed by atoms with Gasteiger partial charge in [0.05, 0.1) is 22.4 Å². The summed E-state index contributed by atoms with van der Waals surface area (Å²) >= 11 is 1.87. The van der Waals surface area contributed by atoms with Crippen molar-refractivity contribution in [3.05, 3.63) is 188 Å². The second-order valence-electron chi connectivity index (χ2n) is 13.6. The Morgan fingerprint density at radius 2 is 1.02 bits per heavy atom. The molecule has 0 radical (unpaired) electrons. The quantitative estimate of drug-likeness (QED) is 0.167. The van der Waals surface area contributed by atoms with Gasteiger partial charge in [0.15, 0.2) is 0 Å². The van der Waals surface area contributed by atoms with E-state index in [2.05, 4.69) is 193 Å². The lowest BCUT2D eigenvalue weighted by atomic mass is 9.97. The van der Waals surface area contributed by atoms with E-state index in [1.54, 1.807) is 0 Å². The minimum absolute atomic E-state index is 0.877.